The van der Waals surface area contributed by atoms with E-state index in [4.69, 9.17) is 9.47 Å². The smallest absolute Gasteiger partial charge is 0.333 e. The molecule has 160 valence electrons. The highest BCUT2D eigenvalue weighted by molar-refractivity contribution is 6.28. The molecule has 1 N–H and O–H groups in total. The summed E-state index contributed by atoms with van der Waals surface area (Å²) in [4.78, 5) is 40.2. The fourth-order valence-corrected chi connectivity index (χ4v) is 3.03. The molecule has 3 aromatic rings. The van der Waals surface area contributed by atoms with Crippen molar-refractivity contribution >= 4 is 29.4 Å². The molecule has 2 heterocycles. The molecule has 0 atom stereocenters. The summed E-state index contributed by atoms with van der Waals surface area (Å²) in [5.74, 6) is 0.340. The molecular weight excluding hydrogens is 416 g/mol. The number of methoxy groups -OCH3 is 1. The molecule has 0 saturated carbocycles. The zero-order valence-corrected chi connectivity index (χ0v) is 16.7. The van der Waals surface area contributed by atoms with E-state index in [1.54, 1.807) is 48.5 Å². The number of para-hydroxylation sites is 1. The van der Waals surface area contributed by atoms with Gasteiger partial charge in [-0.1, -0.05) is 24.3 Å². The Balaban J connectivity index is 1.56. The predicted octanol–water partition coefficient (Wildman–Crippen LogP) is 3.89. The number of aromatic nitrogens is 1. The Hall–Kier alpha value is -4.73. The molecule has 0 aliphatic carbocycles. The van der Waals surface area contributed by atoms with E-state index in [2.05, 4.69) is 10.3 Å². The summed E-state index contributed by atoms with van der Waals surface area (Å²) >= 11 is 0. The van der Waals surface area contributed by atoms with Crippen molar-refractivity contribution in [3.8, 4) is 17.4 Å². The van der Waals surface area contributed by atoms with Gasteiger partial charge in [-0.25, -0.2) is 14.7 Å². The third-order valence-corrected chi connectivity index (χ3v) is 4.54. The number of nitro groups is 1. The summed E-state index contributed by atoms with van der Waals surface area (Å²) in [6, 6.07) is 15.6. The van der Waals surface area contributed by atoms with Gasteiger partial charge < -0.3 is 14.8 Å². The van der Waals surface area contributed by atoms with Crippen LogP contribution in [0.5, 0.6) is 17.4 Å². The van der Waals surface area contributed by atoms with Crippen LogP contribution in [0.2, 0.25) is 0 Å². The van der Waals surface area contributed by atoms with Crippen LogP contribution in [-0.2, 0) is 4.79 Å². The van der Waals surface area contributed by atoms with Crippen LogP contribution < -0.4 is 19.7 Å². The lowest BCUT2D eigenvalue weighted by molar-refractivity contribution is -0.385. The highest BCUT2D eigenvalue weighted by Gasteiger charge is 2.34. The number of nitrogens with one attached hydrogen (secondary N) is 1. The van der Waals surface area contributed by atoms with Gasteiger partial charge in [0.15, 0.2) is 11.5 Å². The normalized spacial score (nSPS) is 14.4. The SMILES string of the molecule is COc1cc(C=C2NC(=O)N(c3ccccc3)C2=O)ccc1Oc1ccc([N+](=O)[O-])cn1. The van der Waals surface area contributed by atoms with Gasteiger partial charge in [-0.15, -0.1) is 0 Å². The number of carbonyl (C=O) groups excluding carboxylic acids is 2. The Morgan fingerprint density at radius 1 is 1.06 bits per heavy atom. The van der Waals surface area contributed by atoms with Gasteiger partial charge in [0, 0.05) is 12.1 Å². The Morgan fingerprint density at radius 2 is 1.84 bits per heavy atom. The van der Waals surface area contributed by atoms with Crippen LogP contribution in [0.1, 0.15) is 5.56 Å². The van der Waals surface area contributed by atoms with Crippen molar-refractivity contribution in [3.05, 3.63) is 88.2 Å². The van der Waals surface area contributed by atoms with E-state index in [-0.39, 0.29) is 17.3 Å². The molecule has 0 unspecified atom stereocenters. The molecule has 10 heteroatoms. The molecule has 1 aromatic heterocycles. The molecule has 1 aliphatic rings. The van der Waals surface area contributed by atoms with E-state index < -0.39 is 16.9 Å². The Labute approximate surface area is 181 Å². The van der Waals surface area contributed by atoms with Gasteiger partial charge in [-0.2, -0.15) is 0 Å². The number of nitrogens with zero attached hydrogens (tertiary/aromatic N) is 3. The van der Waals surface area contributed by atoms with Gasteiger partial charge in [0.25, 0.3) is 11.6 Å². The summed E-state index contributed by atoms with van der Waals surface area (Å²) in [6.07, 6.45) is 2.62. The topological polar surface area (TPSA) is 124 Å². The van der Waals surface area contributed by atoms with Crippen LogP contribution in [-0.4, -0.2) is 29.0 Å². The Morgan fingerprint density at radius 3 is 2.50 bits per heavy atom. The molecule has 3 amide bonds. The first-order valence-corrected chi connectivity index (χ1v) is 9.35. The number of imide groups is 1. The highest BCUT2D eigenvalue weighted by Crippen LogP contribution is 2.33. The van der Waals surface area contributed by atoms with Crippen molar-refractivity contribution in [2.45, 2.75) is 0 Å². The number of pyridine rings is 1. The average molecular weight is 432 g/mol. The minimum Gasteiger partial charge on any atom is -0.493 e. The number of hydrogen-bond acceptors (Lipinski definition) is 7. The zero-order chi connectivity index (χ0) is 22.7. The van der Waals surface area contributed by atoms with Crippen LogP contribution in [0, 0.1) is 10.1 Å². The van der Waals surface area contributed by atoms with Crippen molar-refractivity contribution in [1.29, 1.82) is 0 Å². The summed E-state index contributed by atoms with van der Waals surface area (Å²) in [5, 5.41) is 13.3. The van der Waals surface area contributed by atoms with E-state index >= 15 is 0 Å². The lowest BCUT2D eigenvalue weighted by Crippen LogP contribution is -2.30. The van der Waals surface area contributed by atoms with Crippen molar-refractivity contribution in [1.82, 2.24) is 10.3 Å². The largest absolute Gasteiger partial charge is 0.493 e. The second-order valence-corrected chi connectivity index (χ2v) is 6.59. The van der Waals surface area contributed by atoms with Gasteiger partial charge in [-0.05, 0) is 35.9 Å². The summed E-state index contributed by atoms with van der Waals surface area (Å²) in [6.45, 7) is 0. The number of amides is 3. The van der Waals surface area contributed by atoms with Crippen LogP contribution >= 0.6 is 0 Å². The molecule has 1 fully saturated rings. The summed E-state index contributed by atoms with van der Waals surface area (Å²) < 4.78 is 11.0. The number of hydrogen-bond donors (Lipinski definition) is 1. The maximum atomic E-state index is 12.7. The first-order chi connectivity index (χ1) is 15.5. The molecule has 1 aliphatic heterocycles. The fourth-order valence-electron chi connectivity index (χ4n) is 3.03. The molecule has 1 saturated heterocycles. The molecule has 0 spiro atoms. The third-order valence-electron chi connectivity index (χ3n) is 4.54. The maximum absolute atomic E-state index is 12.7. The molecular formula is C22H16N4O6. The highest BCUT2D eigenvalue weighted by atomic mass is 16.6. The Kier molecular flexibility index (Phi) is 5.49. The van der Waals surface area contributed by atoms with Crippen molar-refractivity contribution in [2.24, 2.45) is 0 Å². The minimum absolute atomic E-state index is 0.117. The zero-order valence-electron chi connectivity index (χ0n) is 16.7. The van der Waals surface area contributed by atoms with Gasteiger partial charge in [-0.3, -0.25) is 14.9 Å². The van der Waals surface area contributed by atoms with E-state index in [1.165, 1.54) is 25.3 Å². The summed E-state index contributed by atoms with van der Waals surface area (Å²) in [5.41, 5.74) is 1.02. The number of benzene rings is 2. The van der Waals surface area contributed by atoms with Gasteiger partial charge in [0.1, 0.15) is 11.9 Å². The van der Waals surface area contributed by atoms with E-state index in [1.807, 2.05) is 0 Å². The van der Waals surface area contributed by atoms with Gasteiger partial charge in [0.05, 0.1) is 17.7 Å². The molecule has 2 aromatic carbocycles. The fraction of sp³-hybridized carbons (Fsp3) is 0.0455. The average Bonchev–Trinajstić information content (AvgIpc) is 3.08. The lowest BCUT2D eigenvalue weighted by Gasteiger charge is -2.11. The van der Waals surface area contributed by atoms with Crippen LogP contribution in [0.3, 0.4) is 0 Å². The molecule has 4 rings (SSSR count). The van der Waals surface area contributed by atoms with Crippen LogP contribution in [0.15, 0.2) is 72.6 Å². The number of rotatable bonds is 6. The number of anilines is 1. The number of carbonyl (C=O) groups is 2. The van der Waals surface area contributed by atoms with Crippen molar-refractivity contribution in [2.75, 3.05) is 12.0 Å². The first-order valence-electron chi connectivity index (χ1n) is 9.35. The second-order valence-electron chi connectivity index (χ2n) is 6.59. The lowest BCUT2D eigenvalue weighted by atomic mass is 10.1. The standard InChI is InChI=1S/C22H16N4O6/c1-31-19-12-14(7-9-18(19)32-20-10-8-16(13-23-20)26(29)30)11-17-21(27)25(22(28)24-17)15-5-3-2-4-6-15/h2-13H,1H3,(H,24,28). The Bertz CT molecular complexity index is 1220. The van der Waals surface area contributed by atoms with Crippen LogP contribution in [0.25, 0.3) is 6.08 Å². The van der Waals surface area contributed by atoms with Gasteiger partial charge >= 0.3 is 6.03 Å². The monoisotopic (exact) mass is 432 g/mol. The van der Waals surface area contributed by atoms with Crippen molar-refractivity contribution in [3.63, 3.8) is 0 Å². The van der Waals surface area contributed by atoms with Crippen LogP contribution in [0.4, 0.5) is 16.2 Å². The van der Waals surface area contributed by atoms with Crippen molar-refractivity contribution < 1.29 is 24.0 Å². The number of urea groups is 1. The molecule has 0 bridgehead atoms. The van der Waals surface area contributed by atoms with E-state index in [0.717, 1.165) is 11.1 Å². The first kappa shape index (κ1) is 20.5. The molecule has 0 radical (unpaired) electrons. The second kappa shape index (κ2) is 8.56. The maximum Gasteiger partial charge on any atom is 0.333 e. The minimum atomic E-state index is -0.554. The molecule has 10 nitrogen and oxygen atoms in total. The summed E-state index contributed by atoms with van der Waals surface area (Å²) in [7, 11) is 1.45. The predicted molar refractivity (Wildman–Crippen MR) is 114 cm³/mol. The molecule has 32 heavy (non-hydrogen) atoms. The van der Waals surface area contributed by atoms with E-state index in [9.17, 15) is 19.7 Å². The third kappa shape index (κ3) is 4.10. The van der Waals surface area contributed by atoms with E-state index in [0.29, 0.717) is 22.7 Å². The quantitative estimate of drug-likeness (QED) is 0.271. The number of ether oxygens (including phenoxy) is 2. The van der Waals surface area contributed by atoms with Gasteiger partial charge in [0.2, 0.25) is 5.88 Å².